The average Bonchev–Trinajstić information content (AvgIpc) is 2.16. The molecular formula is C10H13BrN2. The summed E-state index contributed by atoms with van der Waals surface area (Å²) in [6.07, 6.45) is 0.970. The van der Waals surface area contributed by atoms with E-state index >= 15 is 0 Å². The topological polar surface area (TPSA) is 24.4 Å². The van der Waals surface area contributed by atoms with Crippen LogP contribution in [0, 0.1) is 0 Å². The zero-order chi connectivity index (χ0) is 9.68. The standard InChI is InChI=1S/C10H13BrN2/c1-3-8(2)12-13-10-7-5-4-6-9(10)11/h4-7,13H,3H2,1-2H3/b12-8+. The molecule has 0 aliphatic carbocycles. The van der Waals surface area contributed by atoms with Gasteiger partial charge in [0.2, 0.25) is 0 Å². The van der Waals surface area contributed by atoms with Gasteiger partial charge in [-0.25, -0.2) is 0 Å². The van der Waals surface area contributed by atoms with E-state index in [1.165, 1.54) is 0 Å². The highest BCUT2D eigenvalue weighted by molar-refractivity contribution is 9.10. The van der Waals surface area contributed by atoms with E-state index in [0.717, 1.165) is 22.3 Å². The summed E-state index contributed by atoms with van der Waals surface area (Å²) >= 11 is 3.44. The molecule has 0 aliphatic heterocycles. The van der Waals surface area contributed by atoms with Crippen molar-refractivity contribution in [2.24, 2.45) is 5.10 Å². The summed E-state index contributed by atoms with van der Waals surface area (Å²) < 4.78 is 1.03. The van der Waals surface area contributed by atoms with Crippen LogP contribution in [0.5, 0.6) is 0 Å². The van der Waals surface area contributed by atoms with Crippen molar-refractivity contribution < 1.29 is 0 Å². The van der Waals surface area contributed by atoms with Gasteiger partial charge in [-0.3, -0.25) is 5.43 Å². The van der Waals surface area contributed by atoms with Crippen molar-refractivity contribution >= 4 is 27.3 Å². The van der Waals surface area contributed by atoms with Crippen LogP contribution in [0.1, 0.15) is 20.3 Å². The Kier molecular flexibility index (Phi) is 3.96. The molecule has 0 radical (unpaired) electrons. The Morgan fingerprint density at radius 1 is 1.46 bits per heavy atom. The monoisotopic (exact) mass is 240 g/mol. The van der Waals surface area contributed by atoms with Crippen LogP contribution < -0.4 is 5.43 Å². The molecule has 0 bridgehead atoms. The number of para-hydroxylation sites is 1. The van der Waals surface area contributed by atoms with Gasteiger partial charge in [-0.2, -0.15) is 5.10 Å². The van der Waals surface area contributed by atoms with E-state index in [2.05, 4.69) is 33.4 Å². The lowest BCUT2D eigenvalue weighted by atomic mass is 10.3. The van der Waals surface area contributed by atoms with Gasteiger partial charge in [0.15, 0.2) is 0 Å². The van der Waals surface area contributed by atoms with Crippen LogP contribution in [0.3, 0.4) is 0 Å². The molecule has 2 nitrogen and oxygen atoms in total. The van der Waals surface area contributed by atoms with Gasteiger partial charge in [0.1, 0.15) is 0 Å². The lowest BCUT2D eigenvalue weighted by molar-refractivity contribution is 1.21. The second kappa shape index (κ2) is 5.02. The quantitative estimate of drug-likeness (QED) is 0.634. The zero-order valence-corrected chi connectivity index (χ0v) is 9.43. The highest BCUT2D eigenvalue weighted by Crippen LogP contribution is 2.20. The molecule has 0 aromatic heterocycles. The van der Waals surface area contributed by atoms with E-state index < -0.39 is 0 Å². The van der Waals surface area contributed by atoms with Gasteiger partial charge < -0.3 is 0 Å². The van der Waals surface area contributed by atoms with Gasteiger partial charge in [0.05, 0.1) is 5.69 Å². The Labute approximate surface area is 87.2 Å². The van der Waals surface area contributed by atoms with Crippen molar-refractivity contribution in [3.8, 4) is 0 Å². The second-order valence-corrected chi connectivity index (χ2v) is 3.65. The third kappa shape index (κ3) is 3.19. The first-order chi connectivity index (χ1) is 6.24. The molecule has 1 N–H and O–H groups in total. The molecule has 0 saturated carbocycles. The largest absolute Gasteiger partial charge is 0.277 e. The van der Waals surface area contributed by atoms with Crippen molar-refractivity contribution in [2.45, 2.75) is 20.3 Å². The number of benzene rings is 1. The number of nitrogens with zero attached hydrogens (tertiary/aromatic N) is 1. The Bertz CT molecular complexity index is 308. The van der Waals surface area contributed by atoms with Crippen molar-refractivity contribution in [3.05, 3.63) is 28.7 Å². The first kappa shape index (κ1) is 10.3. The lowest BCUT2D eigenvalue weighted by Crippen LogP contribution is -1.95. The molecule has 1 aromatic rings. The van der Waals surface area contributed by atoms with Gasteiger partial charge in [0.25, 0.3) is 0 Å². The third-order valence-electron chi connectivity index (χ3n) is 1.75. The van der Waals surface area contributed by atoms with Crippen molar-refractivity contribution in [1.29, 1.82) is 0 Å². The average molecular weight is 241 g/mol. The van der Waals surface area contributed by atoms with Crippen LogP contribution in [0.25, 0.3) is 0 Å². The van der Waals surface area contributed by atoms with Crippen LogP contribution in [0.4, 0.5) is 5.69 Å². The van der Waals surface area contributed by atoms with Crippen molar-refractivity contribution in [3.63, 3.8) is 0 Å². The first-order valence-corrected chi connectivity index (χ1v) is 5.07. The number of halogens is 1. The molecule has 0 spiro atoms. The normalized spacial score (nSPS) is 11.5. The molecule has 0 amide bonds. The Morgan fingerprint density at radius 3 is 2.77 bits per heavy atom. The van der Waals surface area contributed by atoms with Crippen LogP contribution in [-0.2, 0) is 0 Å². The minimum Gasteiger partial charge on any atom is -0.277 e. The van der Waals surface area contributed by atoms with Crippen molar-refractivity contribution in [1.82, 2.24) is 0 Å². The number of nitrogens with one attached hydrogen (secondary N) is 1. The van der Waals surface area contributed by atoms with Crippen LogP contribution in [0.2, 0.25) is 0 Å². The fraction of sp³-hybridized carbons (Fsp3) is 0.300. The number of hydrazone groups is 1. The van der Waals surface area contributed by atoms with Crippen molar-refractivity contribution in [2.75, 3.05) is 5.43 Å². The molecular weight excluding hydrogens is 228 g/mol. The second-order valence-electron chi connectivity index (χ2n) is 2.79. The third-order valence-corrected chi connectivity index (χ3v) is 2.44. The fourth-order valence-corrected chi connectivity index (χ4v) is 1.16. The fourth-order valence-electron chi connectivity index (χ4n) is 0.787. The van der Waals surface area contributed by atoms with Gasteiger partial charge in [-0.1, -0.05) is 19.1 Å². The molecule has 0 saturated heterocycles. The number of rotatable bonds is 3. The van der Waals surface area contributed by atoms with Gasteiger partial charge >= 0.3 is 0 Å². The first-order valence-electron chi connectivity index (χ1n) is 4.27. The maximum absolute atomic E-state index is 4.21. The summed E-state index contributed by atoms with van der Waals surface area (Å²) in [7, 11) is 0. The number of hydrogen-bond acceptors (Lipinski definition) is 2. The molecule has 0 fully saturated rings. The van der Waals surface area contributed by atoms with Gasteiger partial charge in [0, 0.05) is 10.2 Å². The molecule has 70 valence electrons. The molecule has 1 rings (SSSR count). The summed E-state index contributed by atoms with van der Waals surface area (Å²) in [5, 5.41) is 4.21. The smallest absolute Gasteiger partial charge is 0.0703 e. The summed E-state index contributed by atoms with van der Waals surface area (Å²) in [5.41, 5.74) is 5.09. The molecule has 0 atom stereocenters. The van der Waals surface area contributed by atoms with E-state index in [4.69, 9.17) is 0 Å². The molecule has 0 unspecified atom stereocenters. The minimum atomic E-state index is 0.970. The van der Waals surface area contributed by atoms with E-state index in [-0.39, 0.29) is 0 Å². The highest BCUT2D eigenvalue weighted by Gasteiger charge is 1.94. The summed E-state index contributed by atoms with van der Waals surface area (Å²) in [6.45, 7) is 4.09. The van der Waals surface area contributed by atoms with E-state index in [9.17, 15) is 0 Å². The van der Waals surface area contributed by atoms with Gasteiger partial charge in [-0.15, -0.1) is 0 Å². The predicted molar refractivity (Wildman–Crippen MR) is 61.2 cm³/mol. The maximum atomic E-state index is 4.21. The van der Waals surface area contributed by atoms with Crippen LogP contribution in [-0.4, -0.2) is 5.71 Å². The molecule has 13 heavy (non-hydrogen) atoms. The van der Waals surface area contributed by atoms with Crippen LogP contribution >= 0.6 is 15.9 Å². The Morgan fingerprint density at radius 2 is 2.15 bits per heavy atom. The van der Waals surface area contributed by atoms with E-state index in [1.54, 1.807) is 0 Å². The Balaban J connectivity index is 2.70. The summed E-state index contributed by atoms with van der Waals surface area (Å²) in [4.78, 5) is 0. The molecule has 3 heteroatoms. The maximum Gasteiger partial charge on any atom is 0.0703 e. The molecule has 0 aliphatic rings. The van der Waals surface area contributed by atoms with E-state index in [0.29, 0.717) is 0 Å². The SMILES string of the molecule is CC/C(C)=N/Nc1ccccc1Br. The van der Waals surface area contributed by atoms with Gasteiger partial charge in [-0.05, 0) is 41.4 Å². The zero-order valence-electron chi connectivity index (χ0n) is 7.84. The summed E-state index contributed by atoms with van der Waals surface area (Å²) in [6, 6.07) is 7.92. The summed E-state index contributed by atoms with van der Waals surface area (Å²) in [5.74, 6) is 0. The van der Waals surface area contributed by atoms with E-state index in [1.807, 2.05) is 31.2 Å². The number of anilines is 1. The Hall–Kier alpha value is -0.830. The van der Waals surface area contributed by atoms with Crippen LogP contribution in [0.15, 0.2) is 33.8 Å². The number of hydrogen-bond donors (Lipinski definition) is 1. The minimum absolute atomic E-state index is 0.970. The molecule has 0 heterocycles. The predicted octanol–water partition coefficient (Wildman–Crippen LogP) is 3.65. The highest BCUT2D eigenvalue weighted by atomic mass is 79.9. The lowest BCUT2D eigenvalue weighted by Gasteiger charge is -2.03. The molecule has 1 aromatic carbocycles.